The van der Waals surface area contributed by atoms with E-state index in [0.29, 0.717) is 12.1 Å². The molecule has 1 heterocycles. The molecule has 0 saturated carbocycles. The lowest BCUT2D eigenvalue weighted by atomic mass is 9.88. The number of aryl methyl sites for hydroxylation is 1. The van der Waals surface area contributed by atoms with Crippen LogP contribution in [0, 0.1) is 23.0 Å². The Balaban J connectivity index is 2.26. The molecule has 1 aliphatic rings. The summed E-state index contributed by atoms with van der Waals surface area (Å²) in [5, 5.41) is 11.1. The van der Waals surface area contributed by atoms with Crippen molar-refractivity contribution in [2.24, 2.45) is 11.7 Å². The molecule has 0 aromatic heterocycles. The number of anilines is 1. The average Bonchev–Trinajstić information content (AvgIpc) is 2.46. The summed E-state index contributed by atoms with van der Waals surface area (Å²) in [5.41, 5.74) is 7.71. The van der Waals surface area contributed by atoms with Crippen LogP contribution < -0.4 is 10.6 Å². The van der Waals surface area contributed by atoms with Crippen molar-refractivity contribution in [3.63, 3.8) is 0 Å². The molecule has 0 amide bonds. The van der Waals surface area contributed by atoms with Crippen LogP contribution in [0.3, 0.4) is 0 Å². The second-order valence-electron chi connectivity index (χ2n) is 5.61. The van der Waals surface area contributed by atoms with Gasteiger partial charge in [-0.15, -0.1) is 0 Å². The highest BCUT2D eigenvalue weighted by atomic mass is 16.6. The van der Waals surface area contributed by atoms with Gasteiger partial charge in [0.2, 0.25) is 0 Å². The summed E-state index contributed by atoms with van der Waals surface area (Å²) in [6.07, 6.45) is 3.39. The zero-order chi connectivity index (χ0) is 14.7. The van der Waals surface area contributed by atoms with Crippen LogP contribution in [0.25, 0.3) is 0 Å². The largest absolute Gasteiger partial charge is 0.367 e. The second-order valence-corrected chi connectivity index (χ2v) is 5.61. The second kappa shape index (κ2) is 6.22. The minimum atomic E-state index is -0.310. The lowest BCUT2D eigenvalue weighted by molar-refractivity contribution is -0.385. The van der Waals surface area contributed by atoms with Gasteiger partial charge in [0, 0.05) is 36.4 Å². The van der Waals surface area contributed by atoms with Gasteiger partial charge in [-0.05, 0) is 31.7 Å². The first-order valence-corrected chi connectivity index (χ1v) is 7.28. The molecule has 5 nitrogen and oxygen atoms in total. The maximum atomic E-state index is 11.1. The van der Waals surface area contributed by atoms with Crippen molar-refractivity contribution in [2.75, 3.05) is 18.0 Å². The molecule has 0 bridgehead atoms. The number of nitrogens with zero attached hydrogens (tertiary/aromatic N) is 2. The topological polar surface area (TPSA) is 72.4 Å². The van der Waals surface area contributed by atoms with Gasteiger partial charge in [0.05, 0.1) is 4.92 Å². The van der Waals surface area contributed by atoms with Crippen molar-refractivity contribution in [2.45, 2.75) is 39.2 Å². The van der Waals surface area contributed by atoms with Crippen LogP contribution in [0.4, 0.5) is 11.4 Å². The van der Waals surface area contributed by atoms with Gasteiger partial charge in [-0.2, -0.15) is 0 Å². The van der Waals surface area contributed by atoms with Crippen LogP contribution in [0.1, 0.15) is 31.7 Å². The molecule has 2 atom stereocenters. The first kappa shape index (κ1) is 14.8. The van der Waals surface area contributed by atoms with Gasteiger partial charge in [0.1, 0.15) is 0 Å². The molecule has 1 aromatic carbocycles. The van der Waals surface area contributed by atoms with E-state index in [4.69, 9.17) is 5.73 Å². The fraction of sp³-hybridized carbons (Fsp3) is 0.600. The molecule has 2 rings (SSSR count). The molecule has 5 heteroatoms. The minimum Gasteiger partial charge on any atom is -0.367 e. The molecule has 1 aliphatic heterocycles. The van der Waals surface area contributed by atoms with Crippen LogP contribution in [-0.4, -0.2) is 24.1 Å². The summed E-state index contributed by atoms with van der Waals surface area (Å²) in [6, 6.07) is 5.77. The molecule has 110 valence electrons. The van der Waals surface area contributed by atoms with Crippen LogP contribution in [0.5, 0.6) is 0 Å². The summed E-state index contributed by atoms with van der Waals surface area (Å²) in [6.45, 7) is 5.51. The minimum absolute atomic E-state index is 0.191. The van der Waals surface area contributed by atoms with Gasteiger partial charge < -0.3 is 10.6 Å². The highest BCUT2D eigenvalue weighted by Gasteiger charge is 2.27. The first-order chi connectivity index (χ1) is 9.56. The van der Waals surface area contributed by atoms with Crippen molar-refractivity contribution in [3.05, 3.63) is 33.9 Å². The van der Waals surface area contributed by atoms with Crippen LogP contribution in [0.2, 0.25) is 0 Å². The number of nitro groups is 1. The van der Waals surface area contributed by atoms with Crippen LogP contribution in [0.15, 0.2) is 18.2 Å². The van der Waals surface area contributed by atoms with Crippen LogP contribution in [-0.2, 0) is 0 Å². The van der Waals surface area contributed by atoms with E-state index in [1.807, 2.05) is 12.1 Å². The molecule has 1 saturated heterocycles. The maximum absolute atomic E-state index is 11.1. The number of hydrogen-bond donors (Lipinski definition) is 1. The summed E-state index contributed by atoms with van der Waals surface area (Å²) in [4.78, 5) is 13.0. The third-order valence-electron chi connectivity index (χ3n) is 4.39. The predicted molar refractivity (Wildman–Crippen MR) is 81.0 cm³/mol. The third kappa shape index (κ3) is 2.93. The Morgan fingerprint density at radius 3 is 2.85 bits per heavy atom. The molecule has 0 radical (unpaired) electrons. The highest BCUT2D eigenvalue weighted by molar-refractivity contribution is 5.57. The standard InChI is InChI=1S/C15H23N3O2/c1-3-12-6-7-17(14(8-12)10-16)13-5-4-11(2)15(9-13)18(19)20/h4-5,9,12,14H,3,6-8,10,16H2,1-2H3. The Morgan fingerprint density at radius 1 is 1.50 bits per heavy atom. The number of nitrogens with two attached hydrogens (primary N) is 1. The molecule has 2 unspecified atom stereocenters. The molecule has 0 spiro atoms. The Kier molecular flexibility index (Phi) is 4.60. The third-order valence-corrected chi connectivity index (χ3v) is 4.39. The van der Waals surface area contributed by atoms with E-state index in [0.717, 1.165) is 31.0 Å². The Hall–Kier alpha value is -1.62. The molecule has 20 heavy (non-hydrogen) atoms. The maximum Gasteiger partial charge on any atom is 0.274 e. The average molecular weight is 277 g/mol. The zero-order valence-corrected chi connectivity index (χ0v) is 12.2. The van der Waals surface area contributed by atoms with Crippen molar-refractivity contribution in [1.29, 1.82) is 0 Å². The predicted octanol–water partition coefficient (Wildman–Crippen LogP) is 2.86. The van der Waals surface area contributed by atoms with E-state index in [-0.39, 0.29) is 16.7 Å². The molecule has 2 N–H and O–H groups in total. The molecule has 1 aromatic rings. The fourth-order valence-electron chi connectivity index (χ4n) is 3.04. The Bertz CT molecular complexity index is 490. The van der Waals surface area contributed by atoms with E-state index < -0.39 is 0 Å². The number of benzene rings is 1. The fourth-order valence-corrected chi connectivity index (χ4v) is 3.04. The normalized spacial score (nSPS) is 22.9. The lowest BCUT2D eigenvalue weighted by Crippen LogP contribution is -2.46. The molecule has 1 fully saturated rings. The number of hydrogen-bond acceptors (Lipinski definition) is 4. The van der Waals surface area contributed by atoms with Crippen LogP contribution >= 0.6 is 0 Å². The Morgan fingerprint density at radius 2 is 2.25 bits per heavy atom. The summed E-state index contributed by atoms with van der Waals surface area (Å²) >= 11 is 0. The number of rotatable bonds is 4. The van der Waals surface area contributed by atoms with E-state index >= 15 is 0 Å². The first-order valence-electron chi connectivity index (χ1n) is 7.28. The number of nitro benzene ring substituents is 1. The molecular formula is C15H23N3O2. The summed E-state index contributed by atoms with van der Waals surface area (Å²) in [5.74, 6) is 0.722. The van der Waals surface area contributed by atoms with Crippen molar-refractivity contribution >= 4 is 11.4 Å². The van der Waals surface area contributed by atoms with Crippen molar-refractivity contribution < 1.29 is 4.92 Å². The summed E-state index contributed by atoms with van der Waals surface area (Å²) < 4.78 is 0. The van der Waals surface area contributed by atoms with Gasteiger partial charge >= 0.3 is 0 Å². The van der Waals surface area contributed by atoms with E-state index in [2.05, 4.69) is 11.8 Å². The van der Waals surface area contributed by atoms with Gasteiger partial charge in [-0.1, -0.05) is 19.4 Å². The highest BCUT2D eigenvalue weighted by Crippen LogP contribution is 2.32. The number of piperidine rings is 1. The SMILES string of the molecule is CCC1CCN(c2ccc(C)c([N+](=O)[O-])c2)C(CN)C1. The summed E-state index contributed by atoms with van der Waals surface area (Å²) in [7, 11) is 0. The van der Waals surface area contributed by atoms with Gasteiger partial charge in [0.25, 0.3) is 5.69 Å². The van der Waals surface area contributed by atoms with Gasteiger partial charge in [-0.3, -0.25) is 10.1 Å². The lowest BCUT2D eigenvalue weighted by Gasteiger charge is -2.40. The smallest absolute Gasteiger partial charge is 0.274 e. The van der Waals surface area contributed by atoms with Crippen molar-refractivity contribution in [3.8, 4) is 0 Å². The van der Waals surface area contributed by atoms with E-state index in [1.54, 1.807) is 13.0 Å². The Labute approximate surface area is 119 Å². The van der Waals surface area contributed by atoms with Crippen molar-refractivity contribution in [1.82, 2.24) is 0 Å². The zero-order valence-electron chi connectivity index (χ0n) is 12.2. The van der Waals surface area contributed by atoms with E-state index in [1.165, 1.54) is 6.42 Å². The van der Waals surface area contributed by atoms with Gasteiger partial charge in [-0.25, -0.2) is 0 Å². The quantitative estimate of drug-likeness (QED) is 0.678. The molecular weight excluding hydrogens is 254 g/mol. The van der Waals surface area contributed by atoms with E-state index in [9.17, 15) is 10.1 Å². The molecule has 0 aliphatic carbocycles. The van der Waals surface area contributed by atoms with Gasteiger partial charge in [0.15, 0.2) is 0 Å². The monoisotopic (exact) mass is 277 g/mol.